The smallest absolute Gasteiger partial charge is 0.271 e. The van der Waals surface area contributed by atoms with Gasteiger partial charge in [-0.05, 0) is 30.3 Å². The minimum Gasteiger partial charge on any atom is -0.497 e. The lowest BCUT2D eigenvalue weighted by atomic mass is 10.2. The molecule has 4 rings (SSSR count). The van der Waals surface area contributed by atoms with Gasteiger partial charge in [0.1, 0.15) is 21.5 Å². The summed E-state index contributed by atoms with van der Waals surface area (Å²) in [6, 6.07) is 12.0. The maximum Gasteiger partial charge on any atom is 0.271 e. The molecule has 11 heteroatoms. The number of sulfonamides is 1. The van der Waals surface area contributed by atoms with Crippen LogP contribution in [-0.2, 0) is 10.0 Å². The first-order valence-electron chi connectivity index (χ1n) is 8.83. The molecule has 160 valence electrons. The van der Waals surface area contributed by atoms with Gasteiger partial charge in [0.05, 0.1) is 25.5 Å². The predicted molar refractivity (Wildman–Crippen MR) is 113 cm³/mol. The van der Waals surface area contributed by atoms with Gasteiger partial charge in [0.15, 0.2) is 0 Å². The molecule has 0 fully saturated rings. The van der Waals surface area contributed by atoms with Gasteiger partial charge < -0.3 is 14.0 Å². The number of nitrogens with zero attached hydrogens (tertiary/aromatic N) is 2. The van der Waals surface area contributed by atoms with Crippen molar-refractivity contribution in [2.75, 3.05) is 18.9 Å². The van der Waals surface area contributed by atoms with E-state index in [1.807, 2.05) is 0 Å². The summed E-state index contributed by atoms with van der Waals surface area (Å²) < 4.78 is 57.3. The number of benzene rings is 2. The van der Waals surface area contributed by atoms with Crippen molar-refractivity contribution in [1.29, 1.82) is 0 Å². The Balaban J connectivity index is 1.60. The first kappa shape index (κ1) is 20.8. The third-order valence-electron chi connectivity index (χ3n) is 4.25. The van der Waals surface area contributed by atoms with Gasteiger partial charge in [0, 0.05) is 17.0 Å². The van der Waals surface area contributed by atoms with E-state index in [1.165, 1.54) is 44.6 Å². The van der Waals surface area contributed by atoms with Crippen molar-refractivity contribution in [3.8, 4) is 34.3 Å². The van der Waals surface area contributed by atoms with Crippen LogP contribution in [0.4, 0.5) is 10.1 Å². The van der Waals surface area contributed by atoms with E-state index in [9.17, 15) is 12.8 Å². The van der Waals surface area contributed by atoms with Crippen molar-refractivity contribution in [2.45, 2.75) is 4.21 Å². The molecule has 0 aliphatic carbocycles. The summed E-state index contributed by atoms with van der Waals surface area (Å²) in [5.41, 5.74) is 1.12. The van der Waals surface area contributed by atoms with Crippen LogP contribution < -0.4 is 14.2 Å². The van der Waals surface area contributed by atoms with Crippen LogP contribution in [0.1, 0.15) is 0 Å². The summed E-state index contributed by atoms with van der Waals surface area (Å²) in [6.45, 7) is 0. The number of hydrogen-bond donors (Lipinski definition) is 1. The van der Waals surface area contributed by atoms with Crippen molar-refractivity contribution >= 4 is 27.0 Å². The molecule has 0 amide bonds. The number of methoxy groups -OCH3 is 2. The normalized spacial score (nSPS) is 11.3. The summed E-state index contributed by atoms with van der Waals surface area (Å²) in [7, 11) is -0.996. The van der Waals surface area contributed by atoms with Gasteiger partial charge >= 0.3 is 0 Å². The second-order valence-electron chi connectivity index (χ2n) is 6.26. The second-order valence-corrected chi connectivity index (χ2v) is 9.08. The first-order valence-corrected chi connectivity index (χ1v) is 11.2. The van der Waals surface area contributed by atoms with Crippen LogP contribution in [0, 0.1) is 5.82 Å². The van der Waals surface area contributed by atoms with E-state index in [0.29, 0.717) is 22.6 Å². The molecule has 0 bridgehead atoms. The SMILES string of the molecule is COc1ccc(OC)c(NS(=O)(=O)c2cc(-c3nc(-c4cccc(F)c4)no3)cs2)c1. The lowest BCUT2D eigenvalue weighted by Gasteiger charge is -2.12. The molecule has 0 radical (unpaired) electrons. The average Bonchev–Trinajstić information content (AvgIpc) is 3.43. The maximum absolute atomic E-state index is 13.4. The van der Waals surface area contributed by atoms with Crippen LogP contribution in [0.15, 0.2) is 62.6 Å². The first-order chi connectivity index (χ1) is 14.9. The van der Waals surface area contributed by atoms with Crippen molar-refractivity contribution in [2.24, 2.45) is 0 Å². The fourth-order valence-corrected chi connectivity index (χ4v) is 4.96. The minimum atomic E-state index is -3.92. The highest BCUT2D eigenvalue weighted by Gasteiger charge is 2.22. The Labute approximate surface area is 181 Å². The summed E-state index contributed by atoms with van der Waals surface area (Å²) >= 11 is 0.991. The summed E-state index contributed by atoms with van der Waals surface area (Å²) in [5.74, 6) is 0.714. The molecule has 0 unspecified atom stereocenters. The van der Waals surface area contributed by atoms with E-state index < -0.39 is 15.8 Å². The van der Waals surface area contributed by atoms with Crippen molar-refractivity contribution in [1.82, 2.24) is 10.1 Å². The topological polar surface area (TPSA) is 104 Å². The zero-order valence-electron chi connectivity index (χ0n) is 16.3. The Morgan fingerprint density at radius 3 is 2.65 bits per heavy atom. The molecule has 0 spiro atoms. The Morgan fingerprint density at radius 1 is 1.06 bits per heavy atom. The van der Waals surface area contributed by atoms with Gasteiger partial charge in [0.25, 0.3) is 15.9 Å². The van der Waals surface area contributed by atoms with Gasteiger partial charge in [-0.25, -0.2) is 12.8 Å². The zero-order valence-corrected chi connectivity index (χ0v) is 18.0. The van der Waals surface area contributed by atoms with Crippen LogP contribution in [0.3, 0.4) is 0 Å². The fourth-order valence-electron chi connectivity index (χ4n) is 2.74. The molecule has 8 nitrogen and oxygen atoms in total. The predicted octanol–water partition coefficient (Wildman–Crippen LogP) is 4.42. The number of halogens is 1. The number of thiophene rings is 1. The molecular weight excluding hydrogens is 445 g/mol. The number of rotatable bonds is 7. The molecule has 0 saturated carbocycles. The lowest BCUT2D eigenvalue weighted by Crippen LogP contribution is -2.12. The molecule has 4 aromatic rings. The van der Waals surface area contributed by atoms with Crippen LogP contribution in [0.5, 0.6) is 11.5 Å². The van der Waals surface area contributed by atoms with Crippen LogP contribution in [0.25, 0.3) is 22.8 Å². The van der Waals surface area contributed by atoms with E-state index >= 15 is 0 Å². The molecule has 0 aliphatic heterocycles. The van der Waals surface area contributed by atoms with Crippen molar-refractivity contribution < 1.29 is 26.8 Å². The molecule has 2 aromatic heterocycles. The average molecular weight is 461 g/mol. The van der Waals surface area contributed by atoms with Crippen LogP contribution in [0.2, 0.25) is 0 Å². The molecule has 0 atom stereocenters. The highest BCUT2D eigenvalue weighted by molar-refractivity contribution is 7.94. The molecule has 0 saturated heterocycles. The molecule has 0 aliphatic rings. The molecule has 1 N–H and O–H groups in total. The standard InChI is InChI=1S/C20H16FN3O5S2/c1-27-15-6-7-17(28-2)16(10-15)24-31(25,26)18-9-13(11-30-18)20-22-19(23-29-20)12-4-3-5-14(21)8-12/h3-11,24H,1-2H3. The van der Waals surface area contributed by atoms with Crippen LogP contribution >= 0.6 is 11.3 Å². The van der Waals surface area contributed by atoms with Crippen molar-refractivity contribution in [3.05, 3.63) is 59.7 Å². The van der Waals surface area contributed by atoms with Crippen molar-refractivity contribution in [3.63, 3.8) is 0 Å². The summed E-state index contributed by atoms with van der Waals surface area (Å²) in [4.78, 5) is 4.23. The largest absolute Gasteiger partial charge is 0.497 e. The van der Waals surface area contributed by atoms with E-state index in [4.69, 9.17) is 14.0 Å². The number of ether oxygens (including phenoxy) is 2. The van der Waals surface area contributed by atoms with Gasteiger partial charge in [-0.15, -0.1) is 11.3 Å². The quantitative estimate of drug-likeness (QED) is 0.434. The van der Waals surface area contributed by atoms with Gasteiger partial charge in [0.2, 0.25) is 5.82 Å². The Bertz CT molecular complexity index is 1330. The monoisotopic (exact) mass is 461 g/mol. The maximum atomic E-state index is 13.4. The Kier molecular flexibility index (Phi) is 5.61. The van der Waals surface area contributed by atoms with Gasteiger partial charge in [-0.3, -0.25) is 4.72 Å². The Morgan fingerprint density at radius 2 is 1.90 bits per heavy atom. The number of aromatic nitrogens is 2. The van der Waals surface area contributed by atoms with Crippen LogP contribution in [-0.4, -0.2) is 32.8 Å². The third kappa shape index (κ3) is 4.37. The van der Waals surface area contributed by atoms with E-state index in [0.717, 1.165) is 11.3 Å². The molecule has 31 heavy (non-hydrogen) atoms. The number of anilines is 1. The highest BCUT2D eigenvalue weighted by Crippen LogP contribution is 2.34. The minimum absolute atomic E-state index is 0.0397. The number of nitrogens with one attached hydrogen (secondary N) is 1. The van der Waals surface area contributed by atoms with E-state index in [2.05, 4.69) is 14.9 Å². The summed E-state index contributed by atoms with van der Waals surface area (Å²) in [6.07, 6.45) is 0. The van der Waals surface area contributed by atoms with Gasteiger partial charge in [-0.2, -0.15) is 4.98 Å². The second kappa shape index (κ2) is 8.36. The third-order valence-corrected chi connectivity index (χ3v) is 7.05. The zero-order chi connectivity index (χ0) is 22.0. The van der Waals surface area contributed by atoms with E-state index in [1.54, 1.807) is 23.6 Å². The van der Waals surface area contributed by atoms with E-state index in [-0.39, 0.29) is 21.6 Å². The Hall–Kier alpha value is -3.44. The lowest BCUT2D eigenvalue weighted by molar-refractivity contribution is 0.405. The molecule has 2 aromatic carbocycles. The van der Waals surface area contributed by atoms with Gasteiger partial charge in [-0.1, -0.05) is 17.3 Å². The molecular formula is C20H16FN3O5S2. The number of hydrogen-bond acceptors (Lipinski definition) is 8. The molecule has 2 heterocycles. The fraction of sp³-hybridized carbons (Fsp3) is 0.100. The summed E-state index contributed by atoms with van der Waals surface area (Å²) in [5, 5.41) is 5.42. The highest BCUT2D eigenvalue weighted by atomic mass is 32.2.